The molecule has 0 spiro atoms. The number of benzene rings is 1. The van der Waals surface area contributed by atoms with Crippen LogP contribution in [0.2, 0.25) is 0 Å². The third kappa shape index (κ3) is 6.08. The summed E-state index contributed by atoms with van der Waals surface area (Å²) in [6.07, 6.45) is 6.32. The number of anilines is 3. The molecule has 2 heterocycles. The Morgan fingerprint density at radius 3 is 2.73 bits per heavy atom. The average Bonchev–Trinajstić information content (AvgIpc) is 2.78. The van der Waals surface area contributed by atoms with Crippen LogP contribution < -0.4 is 20.3 Å². The quantitative estimate of drug-likeness (QED) is 0.642. The molecule has 0 unspecified atom stereocenters. The molecule has 0 aliphatic carbocycles. The molecule has 1 aliphatic heterocycles. The van der Waals surface area contributed by atoms with Crippen LogP contribution in [0.3, 0.4) is 0 Å². The fourth-order valence-corrected chi connectivity index (χ4v) is 3.77. The van der Waals surface area contributed by atoms with Crippen molar-refractivity contribution in [3.05, 3.63) is 36.2 Å². The van der Waals surface area contributed by atoms with Gasteiger partial charge in [-0.05, 0) is 62.3 Å². The maximum atomic E-state index is 12.4. The summed E-state index contributed by atoms with van der Waals surface area (Å²) in [5.74, 6) is 3.31. The summed E-state index contributed by atoms with van der Waals surface area (Å²) < 4.78 is 5.22. The lowest BCUT2D eigenvalue weighted by molar-refractivity contribution is -0.116. The minimum Gasteiger partial charge on any atom is -0.497 e. The third-order valence-corrected chi connectivity index (χ3v) is 5.63. The van der Waals surface area contributed by atoms with E-state index in [-0.39, 0.29) is 5.91 Å². The monoisotopic (exact) mass is 411 g/mol. The molecule has 0 saturated carbocycles. The molecule has 0 radical (unpaired) electrons. The van der Waals surface area contributed by atoms with Crippen molar-refractivity contribution in [1.29, 1.82) is 0 Å². The van der Waals surface area contributed by atoms with Gasteiger partial charge in [0.15, 0.2) is 0 Å². The summed E-state index contributed by atoms with van der Waals surface area (Å²) in [4.78, 5) is 23.4. The maximum Gasteiger partial charge on any atom is 0.224 e. The van der Waals surface area contributed by atoms with Crippen molar-refractivity contribution in [1.82, 2.24) is 9.97 Å². The van der Waals surface area contributed by atoms with E-state index in [0.29, 0.717) is 12.3 Å². The Morgan fingerprint density at radius 2 is 2.03 bits per heavy atom. The first kappa shape index (κ1) is 21.9. The van der Waals surface area contributed by atoms with E-state index in [1.807, 2.05) is 31.2 Å². The lowest BCUT2D eigenvalue weighted by Gasteiger charge is -2.32. The predicted molar refractivity (Wildman–Crippen MR) is 121 cm³/mol. The normalized spacial score (nSPS) is 14.4. The molecule has 1 amide bonds. The van der Waals surface area contributed by atoms with Gasteiger partial charge in [-0.15, -0.1) is 0 Å². The van der Waals surface area contributed by atoms with E-state index in [1.54, 1.807) is 13.4 Å². The first-order chi connectivity index (χ1) is 14.6. The number of amides is 1. The first-order valence-corrected chi connectivity index (χ1v) is 10.8. The van der Waals surface area contributed by atoms with E-state index in [1.165, 1.54) is 0 Å². The number of hydrogen-bond donors (Lipinski definition) is 2. The predicted octanol–water partition coefficient (Wildman–Crippen LogP) is 4.25. The van der Waals surface area contributed by atoms with Crippen LogP contribution in [0.5, 0.6) is 5.75 Å². The highest BCUT2D eigenvalue weighted by Crippen LogP contribution is 2.26. The molecule has 1 fully saturated rings. The van der Waals surface area contributed by atoms with Gasteiger partial charge < -0.3 is 20.3 Å². The van der Waals surface area contributed by atoms with Gasteiger partial charge in [-0.25, -0.2) is 9.97 Å². The number of carbonyl (C=O) groups excluding carboxylic acids is 1. The molecule has 7 heteroatoms. The maximum absolute atomic E-state index is 12.4. The Morgan fingerprint density at radius 1 is 1.23 bits per heavy atom. The second-order valence-corrected chi connectivity index (χ2v) is 7.89. The van der Waals surface area contributed by atoms with Gasteiger partial charge in [-0.1, -0.05) is 6.92 Å². The average molecular weight is 412 g/mol. The molecule has 7 nitrogen and oxygen atoms in total. The van der Waals surface area contributed by atoms with Crippen LogP contribution in [0, 0.1) is 12.8 Å². The number of piperidine rings is 1. The highest BCUT2D eigenvalue weighted by molar-refractivity contribution is 5.91. The lowest BCUT2D eigenvalue weighted by atomic mass is 9.92. The van der Waals surface area contributed by atoms with Crippen molar-refractivity contribution in [3.63, 3.8) is 0 Å². The van der Waals surface area contributed by atoms with E-state index in [4.69, 9.17) is 4.74 Å². The highest BCUT2D eigenvalue weighted by atomic mass is 16.5. The Bertz CT molecular complexity index is 834. The molecule has 1 aromatic carbocycles. The number of methoxy groups -OCH3 is 1. The van der Waals surface area contributed by atoms with Crippen molar-refractivity contribution >= 4 is 23.2 Å². The van der Waals surface area contributed by atoms with E-state index in [0.717, 1.165) is 74.0 Å². The summed E-state index contributed by atoms with van der Waals surface area (Å²) in [6.45, 7) is 6.96. The van der Waals surface area contributed by atoms with E-state index in [9.17, 15) is 4.79 Å². The van der Waals surface area contributed by atoms with Crippen LogP contribution in [-0.2, 0) is 4.79 Å². The zero-order chi connectivity index (χ0) is 21.3. The fourth-order valence-electron chi connectivity index (χ4n) is 3.77. The lowest BCUT2D eigenvalue weighted by Crippen LogP contribution is -2.34. The van der Waals surface area contributed by atoms with E-state index >= 15 is 0 Å². The second-order valence-electron chi connectivity index (χ2n) is 7.89. The number of ether oxygens (including phenoxy) is 1. The molecule has 1 aliphatic rings. The van der Waals surface area contributed by atoms with Gasteiger partial charge >= 0.3 is 0 Å². The summed E-state index contributed by atoms with van der Waals surface area (Å²) in [5, 5.41) is 6.35. The second kappa shape index (κ2) is 10.8. The van der Waals surface area contributed by atoms with Gasteiger partial charge in [0.25, 0.3) is 0 Å². The molecule has 2 N–H and O–H groups in total. The molecule has 1 aromatic heterocycles. The summed E-state index contributed by atoms with van der Waals surface area (Å²) in [6, 6.07) is 7.73. The van der Waals surface area contributed by atoms with Crippen molar-refractivity contribution in [2.45, 2.75) is 46.0 Å². The van der Waals surface area contributed by atoms with E-state index in [2.05, 4.69) is 32.4 Å². The van der Waals surface area contributed by atoms with Crippen molar-refractivity contribution in [2.75, 3.05) is 42.3 Å². The Balaban J connectivity index is 1.43. The van der Waals surface area contributed by atoms with Crippen LogP contribution in [0.4, 0.5) is 17.3 Å². The van der Waals surface area contributed by atoms with Gasteiger partial charge in [-0.2, -0.15) is 0 Å². The number of rotatable bonds is 9. The van der Waals surface area contributed by atoms with Crippen LogP contribution in [0.15, 0.2) is 30.6 Å². The molecule has 2 aromatic rings. The molecule has 0 bridgehead atoms. The molecular weight excluding hydrogens is 378 g/mol. The summed E-state index contributed by atoms with van der Waals surface area (Å²) >= 11 is 0. The molecule has 0 atom stereocenters. The Labute approximate surface area is 179 Å². The molecule has 162 valence electrons. The van der Waals surface area contributed by atoms with Gasteiger partial charge in [-0.3, -0.25) is 4.79 Å². The standard InChI is InChI=1S/C23H33N5O2/c1-4-11-24-21-15-22(26-16-25-21)28-12-9-18(10-13-28)5-8-23(29)27-20-7-6-19(30-3)14-17(20)2/h6-7,14-16,18H,4-5,8-13H2,1-3H3,(H,27,29)(H,24,25,26). The van der Waals surface area contributed by atoms with Crippen LogP contribution in [0.25, 0.3) is 0 Å². The Hall–Kier alpha value is -2.83. The third-order valence-electron chi connectivity index (χ3n) is 5.63. The van der Waals surface area contributed by atoms with Gasteiger partial charge in [0, 0.05) is 37.8 Å². The van der Waals surface area contributed by atoms with Crippen molar-refractivity contribution < 1.29 is 9.53 Å². The molecule has 1 saturated heterocycles. The number of aryl methyl sites for hydroxylation is 1. The topological polar surface area (TPSA) is 79.4 Å². The minimum absolute atomic E-state index is 0.0770. The highest BCUT2D eigenvalue weighted by Gasteiger charge is 2.21. The van der Waals surface area contributed by atoms with Gasteiger partial charge in [0.1, 0.15) is 23.7 Å². The number of carbonyl (C=O) groups is 1. The smallest absolute Gasteiger partial charge is 0.224 e. The molecule has 3 rings (SSSR count). The SMILES string of the molecule is CCCNc1cc(N2CCC(CCC(=O)Nc3ccc(OC)cc3C)CC2)ncn1. The number of nitrogens with one attached hydrogen (secondary N) is 2. The summed E-state index contributed by atoms with van der Waals surface area (Å²) in [5.41, 5.74) is 1.86. The zero-order valence-electron chi connectivity index (χ0n) is 18.3. The molecule has 30 heavy (non-hydrogen) atoms. The van der Waals surface area contributed by atoms with Gasteiger partial charge in [0.2, 0.25) is 5.91 Å². The van der Waals surface area contributed by atoms with Crippen LogP contribution >= 0.6 is 0 Å². The number of aromatic nitrogens is 2. The van der Waals surface area contributed by atoms with Crippen LogP contribution in [-0.4, -0.2) is 42.6 Å². The number of nitrogens with zero attached hydrogens (tertiary/aromatic N) is 3. The first-order valence-electron chi connectivity index (χ1n) is 10.8. The Kier molecular flexibility index (Phi) is 7.88. The zero-order valence-corrected chi connectivity index (χ0v) is 18.3. The van der Waals surface area contributed by atoms with Crippen LogP contribution in [0.1, 0.15) is 44.6 Å². The molecular formula is C23H33N5O2. The van der Waals surface area contributed by atoms with Crippen molar-refractivity contribution in [3.8, 4) is 5.75 Å². The van der Waals surface area contributed by atoms with E-state index < -0.39 is 0 Å². The minimum atomic E-state index is 0.0770. The largest absolute Gasteiger partial charge is 0.497 e. The fraction of sp³-hybridized carbons (Fsp3) is 0.522. The number of hydrogen-bond acceptors (Lipinski definition) is 6. The van der Waals surface area contributed by atoms with Gasteiger partial charge in [0.05, 0.1) is 7.11 Å². The summed E-state index contributed by atoms with van der Waals surface area (Å²) in [7, 11) is 1.64. The van der Waals surface area contributed by atoms with Crippen molar-refractivity contribution in [2.24, 2.45) is 5.92 Å².